The van der Waals surface area contributed by atoms with Gasteiger partial charge < -0.3 is 10.6 Å². The van der Waals surface area contributed by atoms with Gasteiger partial charge in [-0.15, -0.1) is 0 Å². The molecule has 1 aliphatic rings. The van der Waals surface area contributed by atoms with E-state index in [-0.39, 0.29) is 23.0 Å². The Kier molecular flexibility index (Phi) is 6.23. The number of hydrogen-bond acceptors (Lipinski definition) is 3. The van der Waals surface area contributed by atoms with Gasteiger partial charge in [0, 0.05) is 17.6 Å². The average Bonchev–Trinajstić information content (AvgIpc) is 2.33. The Hall–Kier alpha value is -0.610. The summed E-state index contributed by atoms with van der Waals surface area (Å²) < 4.78 is 0. The van der Waals surface area contributed by atoms with Gasteiger partial charge in [-0.05, 0) is 80.3 Å². The Morgan fingerprint density at radius 3 is 2.33 bits per heavy atom. The molecule has 0 aromatic heterocycles. The molecular formula is C17H35N3O. The van der Waals surface area contributed by atoms with Crippen LogP contribution in [0.1, 0.15) is 61.3 Å². The van der Waals surface area contributed by atoms with Gasteiger partial charge in [-0.3, -0.25) is 9.69 Å². The van der Waals surface area contributed by atoms with E-state index in [9.17, 15) is 4.79 Å². The zero-order chi connectivity index (χ0) is 16.3. The van der Waals surface area contributed by atoms with Gasteiger partial charge in [0.25, 0.3) is 0 Å². The zero-order valence-electron chi connectivity index (χ0n) is 15.0. The fraction of sp³-hybridized carbons (Fsp3) is 0.941. The van der Waals surface area contributed by atoms with E-state index in [1.165, 1.54) is 12.8 Å². The van der Waals surface area contributed by atoms with Crippen LogP contribution in [0, 0.1) is 5.92 Å². The van der Waals surface area contributed by atoms with Gasteiger partial charge in [0.05, 0.1) is 6.04 Å². The van der Waals surface area contributed by atoms with E-state index in [4.69, 9.17) is 0 Å². The number of likely N-dealkylation sites (tertiary alicyclic amines) is 1. The van der Waals surface area contributed by atoms with Gasteiger partial charge in [-0.25, -0.2) is 0 Å². The maximum atomic E-state index is 12.3. The van der Waals surface area contributed by atoms with Crippen LogP contribution in [0.5, 0.6) is 0 Å². The Labute approximate surface area is 131 Å². The lowest BCUT2D eigenvalue weighted by Gasteiger charge is -2.38. The van der Waals surface area contributed by atoms with Gasteiger partial charge in [0.15, 0.2) is 0 Å². The molecule has 1 aliphatic heterocycles. The fourth-order valence-corrected chi connectivity index (χ4v) is 2.71. The molecule has 1 fully saturated rings. The smallest absolute Gasteiger partial charge is 0.237 e. The molecule has 1 rings (SSSR count). The van der Waals surface area contributed by atoms with Crippen molar-refractivity contribution in [3.05, 3.63) is 0 Å². The molecule has 1 saturated heterocycles. The van der Waals surface area contributed by atoms with Crippen molar-refractivity contribution in [2.45, 2.75) is 78.4 Å². The molecule has 0 bridgehead atoms. The SMILES string of the molecule is CC(C(=O)NC(C)(C)C)N1CCCC(CNC(C)(C)C)C1. The summed E-state index contributed by atoms with van der Waals surface area (Å²) in [5.74, 6) is 0.787. The van der Waals surface area contributed by atoms with Crippen molar-refractivity contribution in [2.75, 3.05) is 19.6 Å². The minimum atomic E-state index is -0.158. The maximum Gasteiger partial charge on any atom is 0.237 e. The first-order chi connectivity index (χ1) is 9.48. The first-order valence-electron chi connectivity index (χ1n) is 8.29. The monoisotopic (exact) mass is 297 g/mol. The van der Waals surface area contributed by atoms with Crippen molar-refractivity contribution < 1.29 is 4.79 Å². The summed E-state index contributed by atoms with van der Waals surface area (Å²) in [5, 5.41) is 6.68. The highest BCUT2D eigenvalue weighted by atomic mass is 16.2. The number of rotatable bonds is 4. The standard InChI is InChI=1S/C17H35N3O/c1-13(15(21)19-17(5,6)7)20-10-8-9-14(12-20)11-18-16(2,3)4/h13-14,18H,8-12H2,1-7H3,(H,19,21). The first-order valence-corrected chi connectivity index (χ1v) is 8.29. The van der Waals surface area contributed by atoms with Crippen LogP contribution in [0.4, 0.5) is 0 Å². The summed E-state index contributed by atoms with van der Waals surface area (Å²) in [7, 11) is 0. The summed E-state index contributed by atoms with van der Waals surface area (Å²) in [4.78, 5) is 14.6. The molecule has 0 aromatic carbocycles. The minimum absolute atomic E-state index is 0.0401. The fourth-order valence-electron chi connectivity index (χ4n) is 2.71. The van der Waals surface area contributed by atoms with E-state index in [2.05, 4.69) is 36.3 Å². The molecule has 2 atom stereocenters. The van der Waals surface area contributed by atoms with E-state index in [1.807, 2.05) is 27.7 Å². The van der Waals surface area contributed by atoms with Crippen molar-refractivity contribution in [1.29, 1.82) is 0 Å². The average molecular weight is 297 g/mol. The van der Waals surface area contributed by atoms with E-state index >= 15 is 0 Å². The third-order valence-corrected chi connectivity index (χ3v) is 3.90. The number of hydrogen-bond donors (Lipinski definition) is 2. The number of carbonyl (C=O) groups excluding carboxylic acids is 1. The topological polar surface area (TPSA) is 44.4 Å². The Balaban J connectivity index is 2.49. The molecule has 0 aliphatic carbocycles. The van der Waals surface area contributed by atoms with Crippen LogP contribution in [0.15, 0.2) is 0 Å². The van der Waals surface area contributed by atoms with Crippen LogP contribution < -0.4 is 10.6 Å². The van der Waals surface area contributed by atoms with Crippen LogP contribution in [0.25, 0.3) is 0 Å². The molecule has 1 amide bonds. The van der Waals surface area contributed by atoms with Crippen LogP contribution in [0.3, 0.4) is 0 Å². The van der Waals surface area contributed by atoms with E-state index in [0.29, 0.717) is 5.92 Å². The number of carbonyl (C=O) groups is 1. The van der Waals surface area contributed by atoms with Gasteiger partial charge in [0.2, 0.25) is 5.91 Å². The third kappa shape index (κ3) is 7.28. The molecule has 0 aromatic rings. The van der Waals surface area contributed by atoms with Crippen LogP contribution in [-0.2, 0) is 4.79 Å². The zero-order valence-corrected chi connectivity index (χ0v) is 15.0. The highest BCUT2D eigenvalue weighted by Crippen LogP contribution is 2.19. The number of amides is 1. The highest BCUT2D eigenvalue weighted by molar-refractivity contribution is 5.81. The summed E-state index contributed by atoms with van der Waals surface area (Å²) in [6, 6.07) is -0.0401. The largest absolute Gasteiger partial charge is 0.350 e. The molecule has 0 spiro atoms. The van der Waals surface area contributed by atoms with Gasteiger partial charge in [-0.1, -0.05) is 0 Å². The van der Waals surface area contributed by atoms with Gasteiger partial charge in [-0.2, -0.15) is 0 Å². The molecule has 1 heterocycles. The lowest BCUT2D eigenvalue weighted by molar-refractivity contribution is -0.128. The molecule has 124 valence electrons. The quantitative estimate of drug-likeness (QED) is 0.837. The summed E-state index contributed by atoms with van der Waals surface area (Å²) in [6.07, 6.45) is 2.44. The predicted molar refractivity (Wildman–Crippen MR) is 89.4 cm³/mol. The Morgan fingerprint density at radius 2 is 1.81 bits per heavy atom. The lowest BCUT2D eigenvalue weighted by Crippen LogP contribution is -2.54. The molecule has 4 nitrogen and oxygen atoms in total. The van der Waals surface area contributed by atoms with Crippen LogP contribution in [-0.4, -0.2) is 47.6 Å². The normalized spacial score (nSPS) is 22.9. The number of piperidine rings is 1. The van der Waals surface area contributed by atoms with Crippen molar-refractivity contribution in [1.82, 2.24) is 15.5 Å². The van der Waals surface area contributed by atoms with Gasteiger partial charge in [0.1, 0.15) is 0 Å². The number of nitrogens with zero attached hydrogens (tertiary/aromatic N) is 1. The highest BCUT2D eigenvalue weighted by Gasteiger charge is 2.29. The van der Waals surface area contributed by atoms with Crippen molar-refractivity contribution in [3.63, 3.8) is 0 Å². The van der Waals surface area contributed by atoms with Crippen molar-refractivity contribution in [2.24, 2.45) is 5.92 Å². The Bertz CT molecular complexity index is 341. The summed E-state index contributed by atoms with van der Waals surface area (Å²) >= 11 is 0. The molecular weight excluding hydrogens is 262 g/mol. The Morgan fingerprint density at radius 1 is 1.19 bits per heavy atom. The van der Waals surface area contributed by atoms with E-state index in [1.54, 1.807) is 0 Å². The second kappa shape index (κ2) is 7.10. The predicted octanol–water partition coefficient (Wildman–Crippen LogP) is 2.39. The third-order valence-electron chi connectivity index (χ3n) is 3.90. The second-order valence-corrected chi connectivity index (χ2v) is 8.55. The van der Waals surface area contributed by atoms with Crippen molar-refractivity contribution in [3.8, 4) is 0 Å². The maximum absolute atomic E-state index is 12.3. The lowest BCUT2D eigenvalue weighted by atomic mass is 9.95. The second-order valence-electron chi connectivity index (χ2n) is 8.55. The molecule has 2 unspecified atom stereocenters. The van der Waals surface area contributed by atoms with E-state index < -0.39 is 0 Å². The van der Waals surface area contributed by atoms with Crippen molar-refractivity contribution >= 4 is 5.91 Å². The summed E-state index contributed by atoms with van der Waals surface area (Å²) in [5.41, 5.74) is 0.00578. The van der Waals surface area contributed by atoms with E-state index in [0.717, 1.165) is 19.6 Å². The molecule has 4 heteroatoms. The summed E-state index contributed by atoms with van der Waals surface area (Å²) in [6.45, 7) is 17.8. The van der Waals surface area contributed by atoms with Gasteiger partial charge >= 0.3 is 0 Å². The molecule has 21 heavy (non-hydrogen) atoms. The van der Waals surface area contributed by atoms with Crippen LogP contribution in [0.2, 0.25) is 0 Å². The first kappa shape index (κ1) is 18.4. The minimum Gasteiger partial charge on any atom is -0.350 e. The molecule has 0 radical (unpaired) electrons. The molecule has 2 N–H and O–H groups in total. The van der Waals surface area contributed by atoms with Crippen LogP contribution >= 0.6 is 0 Å². The molecule has 0 saturated carbocycles. The number of nitrogens with one attached hydrogen (secondary N) is 2.